The van der Waals surface area contributed by atoms with Crippen LogP contribution in [0.2, 0.25) is 0 Å². The molecule has 21 heavy (non-hydrogen) atoms. The van der Waals surface area contributed by atoms with E-state index < -0.39 is 0 Å². The summed E-state index contributed by atoms with van der Waals surface area (Å²) in [4.78, 5) is 18.2. The van der Waals surface area contributed by atoms with E-state index in [9.17, 15) is 4.79 Å². The molecule has 1 aliphatic carbocycles. The van der Waals surface area contributed by atoms with Gasteiger partial charge in [0.05, 0.1) is 5.51 Å². The van der Waals surface area contributed by atoms with Gasteiger partial charge >= 0.3 is 0 Å². The maximum absolute atomic E-state index is 12.1. The van der Waals surface area contributed by atoms with E-state index in [-0.39, 0.29) is 11.9 Å². The smallest absolute Gasteiger partial charge is 0.270 e. The number of rotatable bonds is 4. The normalized spacial score (nSPS) is 17.8. The van der Waals surface area contributed by atoms with Crippen LogP contribution in [0.1, 0.15) is 33.9 Å². The van der Waals surface area contributed by atoms with Crippen LogP contribution in [0.15, 0.2) is 15.4 Å². The summed E-state index contributed by atoms with van der Waals surface area (Å²) in [6, 6.07) is 0.118. The lowest BCUT2D eigenvalue weighted by Gasteiger charge is -2.22. The fourth-order valence-corrected chi connectivity index (χ4v) is 3.13. The number of nitrogens with zero attached hydrogens (tertiary/aromatic N) is 3. The topological polar surface area (TPSA) is 71.3 Å². The molecule has 0 aromatic carbocycles. The van der Waals surface area contributed by atoms with E-state index >= 15 is 0 Å². The van der Waals surface area contributed by atoms with E-state index in [1.165, 1.54) is 11.3 Å². The maximum atomic E-state index is 12.1. The van der Waals surface area contributed by atoms with Crippen LogP contribution in [0.25, 0.3) is 0 Å². The van der Waals surface area contributed by atoms with Gasteiger partial charge in [0.25, 0.3) is 5.91 Å². The first-order valence-corrected chi connectivity index (χ1v) is 7.88. The zero-order valence-corrected chi connectivity index (χ0v) is 12.9. The minimum atomic E-state index is -0.102. The second kappa shape index (κ2) is 5.95. The zero-order valence-electron chi connectivity index (χ0n) is 12.1. The second-order valence-electron chi connectivity index (χ2n) is 5.56. The SMILES string of the molecule is CN(C)Cc1noc2c1CC(NC(=O)c1cscn1)CC2. The summed E-state index contributed by atoms with van der Waals surface area (Å²) < 4.78 is 5.41. The van der Waals surface area contributed by atoms with Crippen LogP contribution in [0.3, 0.4) is 0 Å². The third-order valence-electron chi connectivity index (χ3n) is 3.59. The number of aromatic nitrogens is 2. The van der Waals surface area contributed by atoms with Crippen molar-refractivity contribution in [1.29, 1.82) is 0 Å². The Hall–Kier alpha value is -1.73. The van der Waals surface area contributed by atoms with E-state index in [4.69, 9.17) is 4.52 Å². The van der Waals surface area contributed by atoms with Gasteiger partial charge in [-0.15, -0.1) is 11.3 Å². The van der Waals surface area contributed by atoms with Crippen molar-refractivity contribution in [2.45, 2.75) is 31.8 Å². The van der Waals surface area contributed by atoms with Crippen LogP contribution in [-0.2, 0) is 19.4 Å². The molecule has 6 nitrogen and oxygen atoms in total. The van der Waals surface area contributed by atoms with Gasteiger partial charge in [-0.25, -0.2) is 4.98 Å². The Morgan fingerprint density at radius 2 is 2.43 bits per heavy atom. The molecular formula is C14H18N4O2S. The fraction of sp³-hybridized carbons (Fsp3) is 0.500. The molecular weight excluding hydrogens is 288 g/mol. The van der Waals surface area contributed by atoms with Gasteiger partial charge in [-0.1, -0.05) is 5.16 Å². The number of aryl methyl sites for hydroxylation is 1. The molecule has 1 atom stereocenters. The second-order valence-corrected chi connectivity index (χ2v) is 6.27. The van der Waals surface area contributed by atoms with E-state index in [1.54, 1.807) is 10.9 Å². The summed E-state index contributed by atoms with van der Waals surface area (Å²) in [6.45, 7) is 0.756. The molecule has 2 aromatic heterocycles. The van der Waals surface area contributed by atoms with E-state index in [0.717, 1.165) is 42.8 Å². The van der Waals surface area contributed by atoms with Crippen LogP contribution in [0.4, 0.5) is 0 Å². The van der Waals surface area contributed by atoms with Crippen LogP contribution < -0.4 is 5.32 Å². The van der Waals surface area contributed by atoms with E-state index in [0.29, 0.717) is 5.69 Å². The van der Waals surface area contributed by atoms with Crippen molar-refractivity contribution in [3.05, 3.63) is 33.6 Å². The average molecular weight is 306 g/mol. The number of thiazole rings is 1. The first kappa shape index (κ1) is 14.2. The molecule has 0 saturated carbocycles. The van der Waals surface area contributed by atoms with Crippen LogP contribution in [0.5, 0.6) is 0 Å². The summed E-state index contributed by atoms with van der Waals surface area (Å²) in [7, 11) is 4.01. The highest BCUT2D eigenvalue weighted by atomic mass is 32.1. The van der Waals surface area contributed by atoms with Gasteiger partial charge in [0.1, 0.15) is 17.1 Å². The molecule has 2 heterocycles. The summed E-state index contributed by atoms with van der Waals surface area (Å²) in [5, 5.41) is 8.98. The standard InChI is InChI=1S/C14H18N4O2S/c1-18(2)6-11-10-5-9(3-4-13(10)20-17-11)16-14(19)12-7-21-8-15-12/h7-9H,3-6H2,1-2H3,(H,16,19). The zero-order chi connectivity index (χ0) is 14.8. The van der Waals surface area contributed by atoms with Crippen LogP contribution in [0, 0.1) is 0 Å². The Kier molecular flexibility index (Phi) is 4.03. The molecule has 112 valence electrons. The van der Waals surface area contributed by atoms with Gasteiger partial charge in [-0.3, -0.25) is 4.79 Å². The van der Waals surface area contributed by atoms with E-state index in [2.05, 4.69) is 20.4 Å². The largest absolute Gasteiger partial charge is 0.361 e. The highest BCUT2D eigenvalue weighted by Gasteiger charge is 2.27. The number of fused-ring (bicyclic) bond motifs is 1. The number of hydrogen-bond acceptors (Lipinski definition) is 6. The number of carbonyl (C=O) groups excluding carboxylic acids is 1. The van der Waals surface area contributed by atoms with Gasteiger partial charge < -0.3 is 14.7 Å². The fourth-order valence-electron chi connectivity index (χ4n) is 2.59. The van der Waals surface area contributed by atoms with Gasteiger partial charge in [0.15, 0.2) is 0 Å². The van der Waals surface area contributed by atoms with Crippen molar-refractivity contribution >= 4 is 17.2 Å². The molecule has 1 aliphatic rings. The average Bonchev–Trinajstić information content (AvgIpc) is 3.08. The van der Waals surface area contributed by atoms with Crippen molar-refractivity contribution in [3.63, 3.8) is 0 Å². The van der Waals surface area contributed by atoms with Gasteiger partial charge in [-0.05, 0) is 26.9 Å². The Morgan fingerprint density at radius 1 is 1.57 bits per heavy atom. The maximum Gasteiger partial charge on any atom is 0.270 e. The number of carbonyl (C=O) groups is 1. The molecule has 0 bridgehead atoms. The highest BCUT2D eigenvalue weighted by molar-refractivity contribution is 7.07. The number of amides is 1. The monoisotopic (exact) mass is 306 g/mol. The predicted octanol–water partition coefficient (Wildman–Crippen LogP) is 1.48. The predicted molar refractivity (Wildman–Crippen MR) is 79.3 cm³/mol. The van der Waals surface area contributed by atoms with Crippen molar-refractivity contribution in [3.8, 4) is 0 Å². The summed E-state index contributed by atoms with van der Waals surface area (Å²) >= 11 is 1.43. The lowest BCUT2D eigenvalue weighted by atomic mass is 9.92. The third-order valence-corrected chi connectivity index (χ3v) is 4.17. The summed E-state index contributed by atoms with van der Waals surface area (Å²) in [6.07, 6.45) is 2.47. The molecule has 0 fully saturated rings. The molecule has 3 rings (SSSR count). The summed E-state index contributed by atoms with van der Waals surface area (Å²) in [5.41, 5.74) is 4.29. The van der Waals surface area contributed by atoms with Crippen molar-refractivity contribution < 1.29 is 9.32 Å². The Balaban J connectivity index is 1.69. The Morgan fingerprint density at radius 3 is 3.14 bits per heavy atom. The quantitative estimate of drug-likeness (QED) is 0.926. The molecule has 0 radical (unpaired) electrons. The molecule has 7 heteroatoms. The minimum Gasteiger partial charge on any atom is -0.361 e. The van der Waals surface area contributed by atoms with Crippen molar-refractivity contribution in [2.24, 2.45) is 0 Å². The molecule has 1 amide bonds. The molecule has 0 spiro atoms. The molecule has 2 aromatic rings. The lowest BCUT2D eigenvalue weighted by Crippen LogP contribution is -2.39. The number of hydrogen-bond donors (Lipinski definition) is 1. The minimum absolute atomic E-state index is 0.102. The highest BCUT2D eigenvalue weighted by Crippen LogP contribution is 2.25. The summed E-state index contributed by atoms with van der Waals surface area (Å²) in [5.74, 6) is 0.862. The van der Waals surface area contributed by atoms with Crippen LogP contribution in [-0.4, -0.2) is 41.1 Å². The molecule has 1 unspecified atom stereocenters. The first-order chi connectivity index (χ1) is 10.1. The Bertz CT molecular complexity index is 621. The first-order valence-electron chi connectivity index (χ1n) is 6.93. The molecule has 0 saturated heterocycles. The van der Waals surface area contributed by atoms with Crippen molar-refractivity contribution in [2.75, 3.05) is 14.1 Å². The van der Waals surface area contributed by atoms with Gasteiger partial charge in [0.2, 0.25) is 0 Å². The lowest BCUT2D eigenvalue weighted by molar-refractivity contribution is 0.0928. The van der Waals surface area contributed by atoms with Gasteiger partial charge in [-0.2, -0.15) is 0 Å². The Labute approximate surface area is 127 Å². The van der Waals surface area contributed by atoms with Gasteiger partial charge in [0, 0.05) is 30.0 Å². The van der Waals surface area contributed by atoms with E-state index in [1.807, 2.05) is 14.1 Å². The van der Waals surface area contributed by atoms with Crippen LogP contribution >= 0.6 is 11.3 Å². The molecule has 1 N–H and O–H groups in total. The number of nitrogens with one attached hydrogen (secondary N) is 1. The van der Waals surface area contributed by atoms with Crippen molar-refractivity contribution in [1.82, 2.24) is 20.4 Å². The third kappa shape index (κ3) is 3.14. The molecule has 0 aliphatic heterocycles.